The first kappa shape index (κ1) is 17.0. The zero-order chi connectivity index (χ0) is 15.3. The second kappa shape index (κ2) is 7.74. The van der Waals surface area contributed by atoms with E-state index < -0.39 is 0 Å². The minimum Gasteiger partial charge on any atom is -0.353 e. The second-order valence-corrected chi connectivity index (χ2v) is 9.20. The van der Waals surface area contributed by atoms with E-state index in [0.29, 0.717) is 11.9 Å². The molecular weight excluding hydrogens is 326 g/mol. The van der Waals surface area contributed by atoms with Gasteiger partial charge in [0.05, 0.1) is 0 Å². The van der Waals surface area contributed by atoms with Gasteiger partial charge in [-0.1, -0.05) is 20.8 Å². The number of nitrogens with zero attached hydrogens (tertiary/aromatic N) is 4. The van der Waals surface area contributed by atoms with Crippen LogP contribution in [0.5, 0.6) is 0 Å². The molecule has 1 aliphatic heterocycles. The predicted octanol–water partition coefficient (Wildman–Crippen LogP) is 3.02. The second-order valence-electron chi connectivity index (χ2n) is 5.72. The highest BCUT2D eigenvalue weighted by atomic mass is 35.5. The summed E-state index contributed by atoms with van der Waals surface area (Å²) in [5, 5.41) is 3.49. The number of anilines is 2. The SMILES string of the molecule is CC(C)(C)SCCNc1nc(Cl)nc(N2CCSCC2)n1. The summed E-state index contributed by atoms with van der Waals surface area (Å²) in [5.74, 6) is 4.46. The molecule has 0 aromatic carbocycles. The van der Waals surface area contributed by atoms with Gasteiger partial charge in [0.1, 0.15) is 0 Å². The summed E-state index contributed by atoms with van der Waals surface area (Å²) in [6.07, 6.45) is 0. The fourth-order valence-corrected chi connectivity index (χ4v) is 3.72. The predicted molar refractivity (Wildman–Crippen MR) is 95.1 cm³/mol. The average Bonchev–Trinajstić information content (AvgIpc) is 2.43. The number of nitrogens with one attached hydrogen (secondary N) is 1. The van der Waals surface area contributed by atoms with E-state index in [0.717, 1.165) is 36.9 Å². The van der Waals surface area contributed by atoms with Crippen LogP contribution in [-0.4, -0.2) is 56.6 Å². The molecule has 8 heteroatoms. The number of hydrogen-bond acceptors (Lipinski definition) is 7. The Morgan fingerprint density at radius 2 is 1.95 bits per heavy atom. The Labute approximate surface area is 140 Å². The molecule has 2 heterocycles. The molecule has 1 aliphatic rings. The Kier molecular flexibility index (Phi) is 6.25. The van der Waals surface area contributed by atoms with Crippen LogP contribution in [0.3, 0.4) is 0 Å². The molecule has 1 N–H and O–H groups in total. The lowest BCUT2D eigenvalue weighted by Gasteiger charge is -2.26. The molecule has 0 radical (unpaired) electrons. The Balaban J connectivity index is 1.92. The van der Waals surface area contributed by atoms with Crippen LogP contribution in [-0.2, 0) is 0 Å². The van der Waals surface area contributed by atoms with Crippen molar-refractivity contribution in [3.05, 3.63) is 5.28 Å². The summed E-state index contributed by atoms with van der Waals surface area (Å²) < 4.78 is 0.273. The van der Waals surface area contributed by atoms with Gasteiger partial charge >= 0.3 is 0 Å². The van der Waals surface area contributed by atoms with Gasteiger partial charge in [0.15, 0.2) is 0 Å². The van der Waals surface area contributed by atoms with Crippen LogP contribution in [0.15, 0.2) is 0 Å². The van der Waals surface area contributed by atoms with Gasteiger partial charge in [0.2, 0.25) is 17.2 Å². The molecule has 0 aliphatic carbocycles. The molecule has 21 heavy (non-hydrogen) atoms. The molecule has 1 saturated heterocycles. The van der Waals surface area contributed by atoms with Gasteiger partial charge in [0, 0.05) is 41.6 Å². The van der Waals surface area contributed by atoms with Gasteiger partial charge in [-0.3, -0.25) is 0 Å². The standard InChI is InChI=1S/C13H22ClN5S2/c1-13(2,3)21-7-4-15-11-16-10(14)17-12(18-11)19-5-8-20-9-6-19/h4-9H2,1-3H3,(H,15,16,17,18). The van der Waals surface area contributed by atoms with E-state index in [-0.39, 0.29) is 10.0 Å². The lowest BCUT2D eigenvalue weighted by Crippen LogP contribution is -2.34. The summed E-state index contributed by atoms with van der Waals surface area (Å²) in [4.78, 5) is 15.0. The largest absolute Gasteiger partial charge is 0.353 e. The van der Waals surface area contributed by atoms with Crippen molar-refractivity contribution in [2.75, 3.05) is 47.1 Å². The fraction of sp³-hybridized carbons (Fsp3) is 0.769. The molecule has 0 bridgehead atoms. The average molecular weight is 348 g/mol. The number of halogens is 1. The van der Waals surface area contributed by atoms with Crippen LogP contribution in [0.1, 0.15) is 20.8 Å². The van der Waals surface area contributed by atoms with Crippen molar-refractivity contribution in [2.24, 2.45) is 0 Å². The molecule has 0 amide bonds. The van der Waals surface area contributed by atoms with Gasteiger partial charge < -0.3 is 10.2 Å². The summed E-state index contributed by atoms with van der Waals surface area (Å²) >= 11 is 9.88. The third kappa shape index (κ3) is 6.08. The summed E-state index contributed by atoms with van der Waals surface area (Å²) in [6.45, 7) is 9.38. The summed E-state index contributed by atoms with van der Waals surface area (Å²) in [5.41, 5.74) is 0. The van der Waals surface area contributed by atoms with Crippen molar-refractivity contribution in [3.8, 4) is 0 Å². The van der Waals surface area contributed by atoms with E-state index in [9.17, 15) is 0 Å². The highest BCUT2D eigenvalue weighted by molar-refractivity contribution is 8.00. The van der Waals surface area contributed by atoms with Crippen LogP contribution >= 0.6 is 35.1 Å². The summed E-state index contributed by atoms with van der Waals surface area (Å²) in [7, 11) is 0. The Hall–Kier alpha value is -0.400. The smallest absolute Gasteiger partial charge is 0.231 e. The van der Waals surface area contributed by atoms with Crippen LogP contribution in [0.25, 0.3) is 0 Å². The first-order valence-electron chi connectivity index (χ1n) is 7.06. The van der Waals surface area contributed by atoms with Gasteiger partial charge in [-0.25, -0.2) is 0 Å². The fourth-order valence-electron chi connectivity index (χ4n) is 1.84. The maximum atomic E-state index is 6.02. The Morgan fingerprint density at radius 1 is 1.24 bits per heavy atom. The number of hydrogen-bond donors (Lipinski definition) is 1. The van der Waals surface area contributed by atoms with Gasteiger partial charge in [-0.2, -0.15) is 38.5 Å². The number of rotatable bonds is 5. The molecule has 0 unspecified atom stereocenters. The number of thioether (sulfide) groups is 2. The lowest BCUT2D eigenvalue weighted by atomic mass is 10.3. The van der Waals surface area contributed by atoms with Crippen molar-refractivity contribution >= 4 is 47.0 Å². The molecule has 118 valence electrons. The lowest BCUT2D eigenvalue weighted by molar-refractivity contribution is 0.800. The van der Waals surface area contributed by atoms with Crippen LogP contribution in [0, 0.1) is 0 Å². The molecule has 5 nitrogen and oxygen atoms in total. The van der Waals surface area contributed by atoms with Crippen LogP contribution < -0.4 is 10.2 Å². The van der Waals surface area contributed by atoms with Gasteiger partial charge in [0.25, 0.3) is 0 Å². The molecule has 1 aromatic rings. The first-order valence-corrected chi connectivity index (χ1v) is 9.58. The zero-order valence-electron chi connectivity index (χ0n) is 12.7. The normalized spacial score (nSPS) is 16.1. The maximum Gasteiger partial charge on any atom is 0.231 e. The van der Waals surface area contributed by atoms with E-state index >= 15 is 0 Å². The molecule has 0 saturated carbocycles. The zero-order valence-corrected chi connectivity index (χ0v) is 15.1. The first-order chi connectivity index (χ1) is 9.94. The third-order valence-corrected chi connectivity index (χ3v) is 5.20. The van der Waals surface area contributed by atoms with Crippen molar-refractivity contribution in [2.45, 2.75) is 25.5 Å². The molecule has 0 atom stereocenters. The van der Waals surface area contributed by atoms with Crippen molar-refractivity contribution < 1.29 is 0 Å². The molecule has 2 rings (SSSR count). The van der Waals surface area contributed by atoms with E-state index in [1.54, 1.807) is 0 Å². The van der Waals surface area contributed by atoms with Crippen molar-refractivity contribution in [1.29, 1.82) is 0 Å². The van der Waals surface area contributed by atoms with E-state index in [1.165, 1.54) is 0 Å². The minimum atomic E-state index is 0.254. The Morgan fingerprint density at radius 3 is 2.62 bits per heavy atom. The summed E-state index contributed by atoms with van der Waals surface area (Å²) in [6, 6.07) is 0. The van der Waals surface area contributed by atoms with Gasteiger partial charge in [-0.15, -0.1) is 0 Å². The number of aromatic nitrogens is 3. The molecule has 1 aromatic heterocycles. The topological polar surface area (TPSA) is 53.9 Å². The van der Waals surface area contributed by atoms with Crippen LogP contribution in [0.2, 0.25) is 5.28 Å². The van der Waals surface area contributed by atoms with Gasteiger partial charge in [-0.05, 0) is 11.6 Å². The van der Waals surface area contributed by atoms with E-state index in [2.05, 4.69) is 45.9 Å². The Bertz CT molecular complexity index is 460. The van der Waals surface area contributed by atoms with Crippen molar-refractivity contribution in [3.63, 3.8) is 0 Å². The molecule has 1 fully saturated rings. The van der Waals surface area contributed by atoms with E-state index in [1.807, 2.05) is 23.5 Å². The highest BCUT2D eigenvalue weighted by Crippen LogP contribution is 2.23. The monoisotopic (exact) mass is 347 g/mol. The molecule has 0 spiro atoms. The van der Waals surface area contributed by atoms with E-state index in [4.69, 9.17) is 11.6 Å². The highest BCUT2D eigenvalue weighted by Gasteiger charge is 2.16. The van der Waals surface area contributed by atoms with Crippen molar-refractivity contribution in [1.82, 2.24) is 15.0 Å². The minimum absolute atomic E-state index is 0.254. The third-order valence-electron chi connectivity index (χ3n) is 2.81. The molecular formula is C13H22ClN5S2. The van der Waals surface area contributed by atoms with Crippen LogP contribution in [0.4, 0.5) is 11.9 Å². The quantitative estimate of drug-likeness (QED) is 0.821. The maximum absolute atomic E-state index is 6.02.